The number of nitrogens with zero attached hydrogens (tertiary/aromatic N) is 1. The standard InChI is InChI=1S/C64H121FN6O31/c65-55-53-71(64(81)70-60(55)77)63(80)69-8-4-2-1-3-7-67-62(79)68-10-6-12-83-14-16-85-18-20-87-22-24-89-26-28-91-30-32-93-34-36-95-38-40-97-42-44-99-46-48-101-50-52-102-51-49-100-47-45-98-43-41-96-39-37-94-35-33-92-31-29-90-27-25-88-23-21-86-19-17-84-15-13-82-11-5-9-66-61(78)59(76)58(75)57(74)56(73)54-72/h53,56-59,72-76H,1-52,54H2,(H,66,78)(H,69,80)(H2,67,68,79)(H,70,77,81). The van der Waals surface area contributed by atoms with Crippen LogP contribution >= 0.6 is 0 Å². The number of carbonyl (C=O) groups is 3. The molecule has 0 aromatic carbocycles. The first kappa shape index (κ1) is 95.8. The molecule has 4 atom stereocenters. The number of ether oxygens (including phenoxy) is 21. The average molecular weight is 1490 g/mol. The Hall–Kier alpha value is -4.22. The number of aromatic amines is 1. The zero-order chi connectivity index (χ0) is 73.9. The third-order valence-corrected chi connectivity index (χ3v) is 13.3. The highest BCUT2D eigenvalue weighted by Gasteiger charge is 2.34. The number of hydrogen-bond acceptors (Lipinski definition) is 31. The predicted molar refractivity (Wildman–Crippen MR) is 361 cm³/mol. The minimum atomic E-state index is -1.97. The maximum Gasteiger partial charge on any atom is 0.336 e. The van der Waals surface area contributed by atoms with Crippen molar-refractivity contribution in [3.8, 4) is 0 Å². The van der Waals surface area contributed by atoms with Gasteiger partial charge in [0.05, 0.1) is 277 Å². The summed E-state index contributed by atoms with van der Waals surface area (Å²) in [5.74, 6) is -2.15. The van der Waals surface area contributed by atoms with Crippen molar-refractivity contribution in [2.24, 2.45) is 0 Å². The Kier molecular flexibility index (Phi) is 70.5. The smallest absolute Gasteiger partial charge is 0.336 e. The molecule has 102 heavy (non-hydrogen) atoms. The molecule has 0 bridgehead atoms. The van der Waals surface area contributed by atoms with Crippen LogP contribution in [0.5, 0.6) is 0 Å². The summed E-state index contributed by atoms with van der Waals surface area (Å²) in [6, 6.07) is -1.09. The van der Waals surface area contributed by atoms with Crippen molar-refractivity contribution in [3.05, 3.63) is 32.9 Å². The summed E-state index contributed by atoms with van der Waals surface area (Å²) in [4.78, 5) is 60.2. The molecule has 0 aliphatic carbocycles. The zero-order valence-electron chi connectivity index (χ0n) is 59.5. The van der Waals surface area contributed by atoms with Gasteiger partial charge in [0.15, 0.2) is 6.10 Å². The molecule has 37 nitrogen and oxygen atoms in total. The Labute approximate surface area is 597 Å². The molecule has 1 aromatic heterocycles. The fourth-order valence-corrected chi connectivity index (χ4v) is 7.79. The topological polar surface area (TPSA) is 449 Å². The van der Waals surface area contributed by atoms with Crippen LogP contribution in [-0.2, 0) is 104 Å². The van der Waals surface area contributed by atoms with Gasteiger partial charge in [-0.15, -0.1) is 0 Å². The molecule has 0 aliphatic rings. The maximum atomic E-state index is 13.3. The molecule has 0 saturated carbocycles. The lowest BCUT2D eigenvalue weighted by Crippen LogP contribution is -2.51. The van der Waals surface area contributed by atoms with Crippen LogP contribution in [0.15, 0.2) is 15.8 Å². The fourth-order valence-electron chi connectivity index (χ4n) is 7.79. The first-order chi connectivity index (χ1) is 50.0. The van der Waals surface area contributed by atoms with E-state index in [1.807, 2.05) is 0 Å². The minimum absolute atomic E-state index is 0.151. The molecule has 0 spiro atoms. The second-order valence-corrected chi connectivity index (χ2v) is 21.5. The van der Waals surface area contributed by atoms with Gasteiger partial charge in [0.25, 0.3) is 11.5 Å². The van der Waals surface area contributed by atoms with Crippen LogP contribution in [0.4, 0.5) is 14.0 Å². The number of carbonyl (C=O) groups excluding carboxylic acids is 3. The van der Waals surface area contributed by atoms with E-state index in [0.29, 0.717) is 321 Å². The van der Waals surface area contributed by atoms with Gasteiger partial charge in [-0.1, -0.05) is 12.8 Å². The number of aliphatic hydroxyl groups is 5. The average Bonchev–Trinajstić information content (AvgIpc) is 0.860. The van der Waals surface area contributed by atoms with Gasteiger partial charge in [0, 0.05) is 39.4 Å². The number of rotatable bonds is 80. The lowest BCUT2D eigenvalue weighted by atomic mass is 10.0. The Morgan fingerprint density at radius 2 is 0.578 bits per heavy atom. The van der Waals surface area contributed by atoms with E-state index in [0.717, 1.165) is 19.3 Å². The summed E-state index contributed by atoms with van der Waals surface area (Å²) >= 11 is 0. The summed E-state index contributed by atoms with van der Waals surface area (Å²) in [6.45, 7) is 19.0. The highest BCUT2D eigenvalue weighted by atomic mass is 19.1. The fraction of sp³-hybridized carbons (Fsp3) is 0.891. The maximum absolute atomic E-state index is 13.3. The first-order valence-electron chi connectivity index (χ1n) is 35.0. The van der Waals surface area contributed by atoms with Gasteiger partial charge >= 0.3 is 17.8 Å². The third-order valence-electron chi connectivity index (χ3n) is 13.3. The van der Waals surface area contributed by atoms with E-state index < -0.39 is 60.0 Å². The second kappa shape index (κ2) is 75.0. The van der Waals surface area contributed by atoms with E-state index in [-0.39, 0.29) is 19.1 Å². The van der Waals surface area contributed by atoms with Crippen LogP contribution in [0.3, 0.4) is 0 Å². The van der Waals surface area contributed by atoms with Crippen molar-refractivity contribution in [1.29, 1.82) is 0 Å². The highest BCUT2D eigenvalue weighted by Crippen LogP contribution is 2.06. The summed E-state index contributed by atoms with van der Waals surface area (Å²) in [5, 5.41) is 57.7. The number of aliphatic hydroxyl groups excluding tert-OH is 5. The normalized spacial score (nSPS) is 12.8. The zero-order valence-corrected chi connectivity index (χ0v) is 59.5. The van der Waals surface area contributed by atoms with E-state index in [1.165, 1.54) is 0 Å². The number of aromatic nitrogens is 2. The number of amides is 4. The van der Waals surface area contributed by atoms with Crippen molar-refractivity contribution < 1.29 is 144 Å². The molecular formula is C64H121FN6O31. The molecule has 4 unspecified atom stereocenters. The molecule has 38 heteroatoms. The first-order valence-corrected chi connectivity index (χ1v) is 35.0. The van der Waals surface area contributed by atoms with E-state index in [1.54, 1.807) is 4.98 Å². The van der Waals surface area contributed by atoms with Crippen molar-refractivity contribution in [3.63, 3.8) is 0 Å². The predicted octanol–water partition coefficient (Wildman–Crippen LogP) is -3.23. The summed E-state index contributed by atoms with van der Waals surface area (Å²) in [6.07, 6.45) is -2.93. The van der Waals surface area contributed by atoms with Gasteiger partial charge in [0.1, 0.15) is 18.3 Å². The lowest BCUT2D eigenvalue weighted by molar-refractivity contribution is -0.148. The van der Waals surface area contributed by atoms with E-state index in [4.69, 9.17) is 105 Å². The Balaban J connectivity index is 1.63. The summed E-state index contributed by atoms with van der Waals surface area (Å²) in [5.41, 5.74) is -2.20. The van der Waals surface area contributed by atoms with Gasteiger partial charge in [0.2, 0.25) is 5.82 Å². The van der Waals surface area contributed by atoms with E-state index in [9.17, 15) is 48.8 Å². The van der Waals surface area contributed by atoms with Gasteiger partial charge in [-0.05, 0) is 25.7 Å². The summed E-state index contributed by atoms with van der Waals surface area (Å²) < 4.78 is 129. The van der Waals surface area contributed by atoms with Crippen molar-refractivity contribution in [2.45, 2.75) is 62.9 Å². The SMILES string of the molecule is O=C(NCCCCCCNC(=O)n1cc(F)c(=O)[nH]c1=O)NCCCOCCOCCOCCOCCOCCOCCOCCOCCOCCOCCOCCOCCOCCOCCOCCOCCOCCOCCOCCOCCOCCCNC(=O)C(O)C(O)C(O)C(O)CO. The van der Waals surface area contributed by atoms with Crippen LogP contribution in [0.25, 0.3) is 0 Å². The Morgan fingerprint density at radius 3 is 0.843 bits per heavy atom. The van der Waals surface area contributed by atoms with Crippen LogP contribution in [0.2, 0.25) is 0 Å². The van der Waals surface area contributed by atoms with Crippen molar-refractivity contribution in [2.75, 3.05) is 310 Å². The number of unbranched alkanes of at least 4 members (excludes halogenated alkanes) is 3. The number of nitrogens with one attached hydrogen (secondary N) is 5. The van der Waals surface area contributed by atoms with E-state index >= 15 is 0 Å². The Bertz CT molecular complexity index is 2140. The van der Waals surface area contributed by atoms with E-state index in [2.05, 4.69) is 21.3 Å². The number of urea groups is 1. The third kappa shape index (κ3) is 63.1. The molecular weight excluding hydrogens is 1370 g/mol. The highest BCUT2D eigenvalue weighted by molar-refractivity contribution is 5.81. The van der Waals surface area contributed by atoms with Crippen molar-refractivity contribution >= 4 is 18.0 Å². The van der Waals surface area contributed by atoms with Crippen LogP contribution in [0, 0.1) is 5.82 Å². The second-order valence-electron chi connectivity index (χ2n) is 21.5. The van der Waals surface area contributed by atoms with Gasteiger partial charge in [-0.3, -0.25) is 14.6 Å². The monoisotopic (exact) mass is 1490 g/mol. The minimum Gasteiger partial charge on any atom is -0.394 e. The van der Waals surface area contributed by atoms with Crippen LogP contribution < -0.4 is 32.5 Å². The molecule has 0 saturated heterocycles. The lowest BCUT2D eigenvalue weighted by Gasteiger charge is -2.24. The summed E-state index contributed by atoms with van der Waals surface area (Å²) in [7, 11) is 0. The Morgan fingerprint density at radius 1 is 0.343 bits per heavy atom. The number of halogens is 1. The van der Waals surface area contributed by atoms with Crippen LogP contribution in [-0.4, -0.2) is 388 Å². The van der Waals surface area contributed by atoms with Gasteiger partial charge in [-0.2, -0.15) is 4.39 Å². The number of H-pyrrole nitrogens is 1. The largest absolute Gasteiger partial charge is 0.394 e. The molecule has 600 valence electrons. The van der Waals surface area contributed by atoms with Gasteiger partial charge < -0.3 is 146 Å². The molecule has 1 rings (SSSR count). The quantitative estimate of drug-likeness (QED) is 0.0287. The molecule has 1 heterocycles. The molecule has 0 fully saturated rings. The molecule has 1 aromatic rings. The van der Waals surface area contributed by atoms with Crippen molar-refractivity contribution in [1.82, 2.24) is 30.8 Å². The molecule has 10 N–H and O–H groups in total. The molecule has 0 radical (unpaired) electrons. The molecule has 0 aliphatic heterocycles. The van der Waals surface area contributed by atoms with Crippen LogP contribution in [0.1, 0.15) is 38.5 Å². The number of hydrogen-bond donors (Lipinski definition) is 10. The molecule has 4 amide bonds. The van der Waals surface area contributed by atoms with Gasteiger partial charge in [-0.25, -0.2) is 19.0 Å².